The van der Waals surface area contributed by atoms with Gasteiger partial charge in [-0.05, 0) is 25.6 Å². The summed E-state index contributed by atoms with van der Waals surface area (Å²) in [7, 11) is 3.68. The standard InChI is InChI=1S/C15H21ClN2O2/c1-10(11-6-4-5-7-13(11)16)18(3)15(19)12-8-20-9-14(12)17-2/h4-7,10,12,14,17H,8-9H2,1-3H3. The maximum Gasteiger partial charge on any atom is 0.229 e. The molecule has 1 N–H and O–H groups in total. The summed E-state index contributed by atoms with van der Waals surface area (Å²) in [5.74, 6) is -0.0378. The predicted octanol–water partition coefficient (Wildman–Crippen LogP) is 2.09. The molecule has 1 fully saturated rings. The van der Waals surface area contributed by atoms with Crippen molar-refractivity contribution in [1.82, 2.24) is 10.2 Å². The van der Waals surface area contributed by atoms with Crippen LogP contribution >= 0.6 is 11.6 Å². The SMILES string of the molecule is CNC1COCC1C(=O)N(C)C(C)c1ccccc1Cl. The molecule has 20 heavy (non-hydrogen) atoms. The second-order valence-electron chi connectivity index (χ2n) is 5.19. The van der Waals surface area contributed by atoms with Crippen molar-refractivity contribution >= 4 is 17.5 Å². The monoisotopic (exact) mass is 296 g/mol. The van der Waals surface area contributed by atoms with E-state index >= 15 is 0 Å². The van der Waals surface area contributed by atoms with Gasteiger partial charge in [0.05, 0.1) is 25.2 Å². The number of hydrogen-bond acceptors (Lipinski definition) is 3. The van der Waals surface area contributed by atoms with Crippen LogP contribution in [0.3, 0.4) is 0 Å². The first kappa shape index (κ1) is 15.3. The van der Waals surface area contributed by atoms with E-state index in [1.54, 1.807) is 4.90 Å². The maximum absolute atomic E-state index is 12.6. The average Bonchev–Trinajstić information content (AvgIpc) is 2.94. The summed E-state index contributed by atoms with van der Waals surface area (Å²) in [5, 5.41) is 3.83. The number of halogens is 1. The Morgan fingerprint density at radius 1 is 1.45 bits per heavy atom. The van der Waals surface area contributed by atoms with E-state index in [0.717, 1.165) is 5.56 Å². The quantitative estimate of drug-likeness (QED) is 0.925. The number of carbonyl (C=O) groups excluding carboxylic acids is 1. The highest BCUT2D eigenvalue weighted by Crippen LogP contribution is 2.28. The van der Waals surface area contributed by atoms with Gasteiger partial charge in [0.2, 0.25) is 5.91 Å². The molecule has 110 valence electrons. The largest absolute Gasteiger partial charge is 0.379 e. The van der Waals surface area contributed by atoms with E-state index in [9.17, 15) is 4.79 Å². The van der Waals surface area contributed by atoms with Crippen molar-refractivity contribution in [2.75, 3.05) is 27.3 Å². The third kappa shape index (κ3) is 2.97. The summed E-state index contributed by atoms with van der Waals surface area (Å²) >= 11 is 6.21. The Bertz CT molecular complexity index is 481. The molecule has 1 aromatic carbocycles. The number of carbonyl (C=O) groups is 1. The van der Waals surface area contributed by atoms with Gasteiger partial charge in [0.1, 0.15) is 0 Å². The average molecular weight is 297 g/mol. The number of rotatable bonds is 4. The van der Waals surface area contributed by atoms with Crippen LogP contribution in [-0.4, -0.2) is 44.2 Å². The molecule has 3 atom stereocenters. The smallest absolute Gasteiger partial charge is 0.229 e. The molecule has 1 aromatic rings. The van der Waals surface area contributed by atoms with E-state index in [1.165, 1.54) is 0 Å². The van der Waals surface area contributed by atoms with Crippen molar-refractivity contribution in [1.29, 1.82) is 0 Å². The molecule has 0 bridgehead atoms. The van der Waals surface area contributed by atoms with Crippen molar-refractivity contribution in [2.45, 2.75) is 19.0 Å². The van der Waals surface area contributed by atoms with Gasteiger partial charge in [0.25, 0.3) is 0 Å². The molecule has 1 amide bonds. The molecule has 1 aliphatic rings. The highest BCUT2D eigenvalue weighted by Gasteiger charge is 2.36. The van der Waals surface area contributed by atoms with Crippen LogP contribution in [0.25, 0.3) is 0 Å². The van der Waals surface area contributed by atoms with Crippen LogP contribution in [0.4, 0.5) is 0 Å². The van der Waals surface area contributed by atoms with Gasteiger partial charge in [-0.3, -0.25) is 4.79 Å². The summed E-state index contributed by atoms with van der Waals surface area (Å²) in [6, 6.07) is 7.66. The Morgan fingerprint density at radius 3 is 2.80 bits per heavy atom. The molecule has 4 nitrogen and oxygen atoms in total. The minimum atomic E-state index is -0.130. The van der Waals surface area contributed by atoms with Gasteiger partial charge < -0.3 is 15.0 Å². The first-order valence-electron chi connectivity index (χ1n) is 6.82. The lowest BCUT2D eigenvalue weighted by molar-refractivity contribution is -0.136. The molecule has 0 saturated carbocycles. The van der Waals surface area contributed by atoms with Crippen LogP contribution in [0.1, 0.15) is 18.5 Å². The Morgan fingerprint density at radius 2 is 2.15 bits per heavy atom. The minimum Gasteiger partial charge on any atom is -0.379 e. The van der Waals surface area contributed by atoms with E-state index in [4.69, 9.17) is 16.3 Å². The number of nitrogens with one attached hydrogen (secondary N) is 1. The molecule has 0 aliphatic carbocycles. The van der Waals surface area contributed by atoms with E-state index in [-0.39, 0.29) is 23.9 Å². The molecule has 3 unspecified atom stereocenters. The third-order valence-corrected chi connectivity index (χ3v) is 4.40. The fraction of sp³-hybridized carbons (Fsp3) is 0.533. The Labute approximate surface area is 125 Å². The van der Waals surface area contributed by atoms with E-state index in [0.29, 0.717) is 18.2 Å². The zero-order valence-corrected chi connectivity index (χ0v) is 12.9. The molecule has 0 radical (unpaired) electrons. The van der Waals surface area contributed by atoms with Crippen LogP contribution in [0.2, 0.25) is 5.02 Å². The summed E-state index contributed by atoms with van der Waals surface area (Å²) in [6.07, 6.45) is 0. The van der Waals surface area contributed by atoms with Crippen LogP contribution in [-0.2, 0) is 9.53 Å². The number of benzene rings is 1. The first-order chi connectivity index (χ1) is 9.56. The number of ether oxygens (including phenoxy) is 1. The summed E-state index contributed by atoms with van der Waals surface area (Å²) in [4.78, 5) is 14.4. The number of hydrogen-bond donors (Lipinski definition) is 1. The van der Waals surface area contributed by atoms with Gasteiger partial charge in [-0.15, -0.1) is 0 Å². The van der Waals surface area contributed by atoms with Gasteiger partial charge in [0, 0.05) is 18.1 Å². The normalized spacial score (nSPS) is 23.6. The number of likely N-dealkylation sites (N-methyl/N-ethyl adjacent to an activating group) is 1. The van der Waals surface area contributed by atoms with Crippen LogP contribution in [0, 0.1) is 5.92 Å². The second kappa shape index (κ2) is 6.57. The topological polar surface area (TPSA) is 41.6 Å². The van der Waals surface area contributed by atoms with Crippen molar-refractivity contribution in [2.24, 2.45) is 5.92 Å². The first-order valence-corrected chi connectivity index (χ1v) is 7.20. The highest BCUT2D eigenvalue weighted by molar-refractivity contribution is 6.31. The molecular weight excluding hydrogens is 276 g/mol. The molecule has 1 saturated heterocycles. The van der Waals surface area contributed by atoms with Crippen LogP contribution < -0.4 is 5.32 Å². The van der Waals surface area contributed by atoms with Crippen molar-refractivity contribution in [3.05, 3.63) is 34.9 Å². The number of nitrogens with zero attached hydrogens (tertiary/aromatic N) is 1. The van der Waals surface area contributed by atoms with Gasteiger partial charge in [-0.2, -0.15) is 0 Å². The van der Waals surface area contributed by atoms with Crippen LogP contribution in [0.15, 0.2) is 24.3 Å². The number of amides is 1. The lowest BCUT2D eigenvalue weighted by Gasteiger charge is -2.29. The fourth-order valence-electron chi connectivity index (χ4n) is 2.56. The Kier molecular flexibility index (Phi) is 5.02. The van der Waals surface area contributed by atoms with E-state index < -0.39 is 0 Å². The molecule has 5 heteroatoms. The molecule has 2 rings (SSSR count). The lowest BCUT2D eigenvalue weighted by Crippen LogP contribution is -2.44. The maximum atomic E-state index is 12.6. The van der Waals surface area contributed by atoms with Gasteiger partial charge in [0.15, 0.2) is 0 Å². The predicted molar refractivity (Wildman–Crippen MR) is 79.8 cm³/mol. The van der Waals surface area contributed by atoms with Gasteiger partial charge >= 0.3 is 0 Å². The molecule has 1 aliphatic heterocycles. The minimum absolute atomic E-state index is 0.0608. The summed E-state index contributed by atoms with van der Waals surface area (Å²) in [5.41, 5.74) is 0.963. The van der Waals surface area contributed by atoms with Gasteiger partial charge in [-0.25, -0.2) is 0 Å². The Balaban J connectivity index is 2.12. The van der Waals surface area contributed by atoms with Crippen molar-refractivity contribution in [3.63, 3.8) is 0 Å². The summed E-state index contributed by atoms with van der Waals surface area (Å²) in [6.45, 7) is 3.05. The molecular formula is C15H21ClN2O2. The van der Waals surface area contributed by atoms with Crippen molar-refractivity contribution in [3.8, 4) is 0 Å². The molecule has 1 heterocycles. The van der Waals surface area contributed by atoms with Crippen molar-refractivity contribution < 1.29 is 9.53 Å². The molecule has 0 aromatic heterocycles. The van der Waals surface area contributed by atoms with Gasteiger partial charge in [-0.1, -0.05) is 29.8 Å². The molecule has 0 spiro atoms. The third-order valence-electron chi connectivity index (χ3n) is 4.05. The van der Waals surface area contributed by atoms with E-state index in [2.05, 4.69) is 5.32 Å². The van der Waals surface area contributed by atoms with E-state index in [1.807, 2.05) is 45.3 Å². The zero-order valence-electron chi connectivity index (χ0n) is 12.1. The highest BCUT2D eigenvalue weighted by atomic mass is 35.5. The summed E-state index contributed by atoms with van der Waals surface area (Å²) < 4.78 is 5.41. The second-order valence-corrected chi connectivity index (χ2v) is 5.59. The van der Waals surface area contributed by atoms with Crippen LogP contribution in [0.5, 0.6) is 0 Å². The Hall–Kier alpha value is -1.10. The fourth-order valence-corrected chi connectivity index (χ4v) is 2.85. The lowest BCUT2D eigenvalue weighted by atomic mass is 10.00. The zero-order chi connectivity index (χ0) is 14.7.